The Hall–Kier alpha value is -1.22. The lowest BCUT2D eigenvalue weighted by atomic mass is 9.92. The highest BCUT2D eigenvalue weighted by molar-refractivity contribution is 5.91. The van der Waals surface area contributed by atoms with Gasteiger partial charge in [-0.15, -0.1) is 0 Å². The summed E-state index contributed by atoms with van der Waals surface area (Å²) >= 11 is 0. The summed E-state index contributed by atoms with van der Waals surface area (Å²) in [4.78, 5) is 24.3. The van der Waals surface area contributed by atoms with E-state index in [9.17, 15) is 27.2 Å². The van der Waals surface area contributed by atoms with Gasteiger partial charge in [-0.05, 0) is 20.3 Å². The van der Waals surface area contributed by atoms with Crippen LogP contribution in [0, 0.1) is 5.41 Å². The third-order valence-electron chi connectivity index (χ3n) is 4.07. The third-order valence-corrected chi connectivity index (χ3v) is 4.07. The highest BCUT2D eigenvalue weighted by Crippen LogP contribution is 2.31. The molecule has 2 fully saturated rings. The second-order valence-electron chi connectivity index (χ2n) is 6.34. The molecule has 0 spiro atoms. The molecule has 0 aliphatic carbocycles. The van der Waals surface area contributed by atoms with E-state index >= 15 is 0 Å². The van der Waals surface area contributed by atoms with Crippen molar-refractivity contribution in [3.63, 3.8) is 0 Å². The molecule has 5 nitrogen and oxygen atoms in total. The Morgan fingerprint density at radius 1 is 1.27 bits per heavy atom. The number of alkyl halides is 4. The smallest absolute Gasteiger partial charge is 0.386 e. The van der Waals surface area contributed by atoms with Crippen LogP contribution in [-0.4, -0.2) is 60.9 Å². The third kappa shape index (κ3) is 3.40. The van der Waals surface area contributed by atoms with Crippen molar-refractivity contribution in [3.8, 4) is 0 Å². The maximum atomic E-state index is 13.8. The Labute approximate surface area is 125 Å². The van der Waals surface area contributed by atoms with E-state index < -0.39 is 35.7 Å². The Balaban J connectivity index is 1.98. The van der Waals surface area contributed by atoms with Gasteiger partial charge in [0.1, 0.15) is 6.17 Å². The van der Waals surface area contributed by atoms with Crippen molar-refractivity contribution in [2.45, 2.75) is 44.7 Å². The highest BCUT2D eigenvalue weighted by Gasteiger charge is 2.48. The van der Waals surface area contributed by atoms with Crippen LogP contribution in [0.15, 0.2) is 0 Å². The zero-order valence-corrected chi connectivity index (χ0v) is 12.2. The number of carbonyl (C=O) groups excluding carboxylic acids is 2. The number of likely N-dealkylation sites (tertiary alicyclic amines) is 1. The predicted molar refractivity (Wildman–Crippen MR) is 67.6 cm³/mol. The maximum Gasteiger partial charge on any atom is 0.491 e. The van der Waals surface area contributed by atoms with Gasteiger partial charge in [0.15, 0.2) is 0 Å². The molecule has 0 radical (unpaired) electrons. The van der Waals surface area contributed by atoms with Gasteiger partial charge in [0.25, 0.3) is 0 Å². The molecule has 0 aromatic carbocycles. The molecular weight excluding hydrogens is 308 g/mol. The monoisotopic (exact) mass is 326 g/mol. The second kappa shape index (κ2) is 5.77. The molecule has 0 saturated carbocycles. The molecular formula is C13H18F4N2O3. The fourth-order valence-corrected chi connectivity index (χ4v) is 3.00. The van der Waals surface area contributed by atoms with Crippen LogP contribution < -0.4 is 5.32 Å². The average Bonchev–Trinajstić information content (AvgIpc) is 2.92. The van der Waals surface area contributed by atoms with E-state index in [-0.39, 0.29) is 19.1 Å². The van der Waals surface area contributed by atoms with Crippen molar-refractivity contribution in [2.24, 2.45) is 5.41 Å². The molecule has 0 aromatic heterocycles. The van der Waals surface area contributed by atoms with E-state index in [0.717, 1.165) is 0 Å². The van der Waals surface area contributed by atoms with Crippen LogP contribution >= 0.6 is 0 Å². The minimum atomic E-state index is -5.22. The number of fused-ring (bicyclic) bond motifs is 1. The molecule has 0 bridgehead atoms. The van der Waals surface area contributed by atoms with Gasteiger partial charge in [-0.3, -0.25) is 9.69 Å². The van der Waals surface area contributed by atoms with E-state index in [1.165, 1.54) is 13.8 Å². The fourth-order valence-electron chi connectivity index (χ4n) is 3.00. The van der Waals surface area contributed by atoms with Crippen LogP contribution in [0.1, 0.15) is 20.3 Å². The van der Waals surface area contributed by atoms with E-state index in [2.05, 4.69) is 10.1 Å². The molecule has 9 heteroatoms. The Morgan fingerprint density at radius 2 is 1.91 bits per heavy atom. The molecule has 2 heterocycles. The van der Waals surface area contributed by atoms with Crippen LogP contribution in [0.25, 0.3) is 0 Å². The molecule has 2 saturated heterocycles. The second-order valence-corrected chi connectivity index (χ2v) is 6.34. The number of ether oxygens (including phenoxy) is 1. The van der Waals surface area contributed by atoms with Crippen LogP contribution in [0.2, 0.25) is 0 Å². The van der Waals surface area contributed by atoms with Gasteiger partial charge in [-0.2, -0.15) is 13.2 Å². The molecule has 22 heavy (non-hydrogen) atoms. The SMILES string of the molecule is CC(C)(CN1CCC2NCC(F)C21)C(=O)OC(=O)C(F)(F)F. The number of esters is 2. The molecule has 0 amide bonds. The molecule has 1 N–H and O–H groups in total. The van der Waals surface area contributed by atoms with Crippen LogP contribution in [-0.2, 0) is 14.3 Å². The summed E-state index contributed by atoms with van der Waals surface area (Å²) < 4.78 is 54.1. The lowest BCUT2D eigenvalue weighted by Crippen LogP contribution is -2.47. The van der Waals surface area contributed by atoms with E-state index in [1.54, 1.807) is 4.90 Å². The lowest BCUT2D eigenvalue weighted by molar-refractivity contribution is -0.205. The fraction of sp³-hybridized carbons (Fsp3) is 0.846. The lowest BCUT2D eigenvalue weighted by Gasteiger charge is -2.32. The largest absolute Gasteiger partial charge is 0.491 e. The first kappa shape index (κ1) is 17.1. The highest BCUT2D eigenvalue weighted by atomic mass is 19.4. The molecule has 3 unspecified atom stereocenters. The van der Waals surface area contributed by atoms with Crippen molar-refractivity contribution in [1.82, 2.24) is 10.2 Å². The molecule has 126 valence electrons. The van der Waals surface area contributed by atoms with Crippen molar-refractivity contribution >= 4 is 11.9 Å². The average molecular weight is 326 g/mol. The molecule has 2 aliphatic rings. The van der Waals surface area contributed by atoms with Gasteiger partial charge in [-0.25, -0.2) is 9.18 Å². The van der Waals surface area contributed by atoms with Crippen LogP contribution in [0.5, 0.6) is 0 Å². The summed E-state index contributed by atoms with van der Waals surface area (Å²) in [7, 11) is 0. The first-order valence-corrected chi connectivity index (χ1v) is 6.97. The van der Waals surface area contributed by atoms with Crippen molar-refractivity contribution in [1.29, 1.82) is 0 Å². The van der Waals surface area contributed by atoms with E-state index in [4.69, 9.17) is 0 Å². The van der Waals surface area contributed by atoms with Crippen LogP contribution in [0.3, 0.4) is 0 Å². The minimum Gasteiger partial charge on any atom is -0.386 e. The summed E-state index contributed by atoms with van der Waals surface area (Å²) in [5.41, 5.74) is -1.35. The number of hydrogen-bond acceptors (Lipinski definition) is 5. The minimum absolute atomic E-state index is 0.0152. The number of nitrogens with one attached hydrogen (secondary N) is 1. The summed E-state index contributed by atoms with van der Waals surface area (Å²) in [6, 6.07) is -0.413. The van der Waals surface area contributed by atoms with E-state index in [0.29, 0.717) is 13.0 Å². The number of hydrogen-bond donors (Lipinski definition) is 1. The predicted octanol–water partition coefficient (Wildman–Crippen LogP) is 1.03. The van der Waals surface area contributed by atoms with Gasteiger partial charge >= 0.3 is 18.1 Å². The summed E-state index contributed by atoms with van der Waals surface area (Å²) in [6.07, 6.45) is -5.60. The first-order valence-electron chi connectivity index (χ1n) is 6.97. The summed E-state index contributed by atoms with van der Waals surface area (Å²) in [6.45, 7) is 3.54. The zero-order chi connectivity index (χ0) is 16.7. The van der Waals surface area contributed by atoms with Crippen LogP contribution in [0.4, 0.5) is 17.6 Å². The van der Waals surface area contributed by atoms with E-state index in [1.807, 2.05) is 0 Å². The zero-order valence-electron chi connectivity index (χ0n) is 12.2. The summed E-state index contributed by atoms with van der Waals surface area (Å²) in [5.74, 6) is -3.80. The van der Waals surface area contributed by atoms with Gasteiger partial charge in [-0.1, -0.05) is 0 Å². The number of nitrogens with zero attached hydrogens (tertiary/aromatic N) is 1. The normalized spacial score (nSPS) is 29.5. The Kier molecular flexibility index (Phi) is 4.49. The Morgan fingerprint density at radius 3 is 2.50 bits per heavy atom. The number of carbonyl (C=O) groups is 2. The topological polar surface area (TPSA) is 58.6 Å². The Bertz CT molecular complexity index is 467. The standard InChI is InChI=1S/C13H18F4N2O3/c1-12(2,10(20)22-11(21)13(15,16)17)6-19-4-3-8-9(19)7(14)5-18-8/h7-9,18H,3-6H2,1-2H3. The number of halogens is 4. The molecule has 2 rings (SSSR count). The van der Waals surface area contributed by atoms with Gasteiger partial charge < -0.3 is 10.1 Å². The van der Waals surface area contributed by atoms with Gasteiger partial charge in [0.2, 0.25) is 0 Å². The first-order chi connectivity index (χ1) is 10.0. The number of rotatable bonds is 3. The van der Waals surface area contributed by atoms with Crippen molar-refractivity contribution in [3.05, 3.63) is 0 Å². The molecule has 3 atom stereocenters. The summed E-state index contributed by atoms with van der Waals surface area (Å²) in [5, 5.41) is 3.03. The quantitative estimate of drug-likeness (QED) is 0.477. The molecule has 0 aromatic rings. The molecule has 2 aliphatic heterocycles. The van der Waals surface area contributed by atoms with Crippen molar-refractivity contribution in [2.75, 3.05) is 19.6 Å². The van der Waals surface area contributed by atoms with Crippen molar-refractivity contribution < 1.29 is 31.9 Å². The maximum absolute atomic E-state index is 13.8. The van der Waals surface area contributed by atoms with Gasteiger partial charge in [0.05, 0.1) is 11.5 Å². The van der Waals surface area contributed by atoms with Gasteiger partial charge in [0, 0.05) is 25.7 Å².